The van der Waals surface area contributed by atoms with E-state index in [0.29, 0.717) is 11.7 Å². The fourth-order valence-corrected chi connectivity index (χ4v) is 3.07. The number of rotatable bonds is 4. The summed E-state index contributed by atoms with van der Waals surface area (Å²) in [6.07, 6.45) is 1.26. The van der Waals surface area contributed by atoms with Crippen LogP contribution in [0.2, 0.25) is 0 Å². The molecule has 0 saturated carbocycles. The topological polar surface area (TPSA) is 68.5 Å². The number of carbonyl (C=O) groups is 1. The Morgan fingerprint density at radius 1 is 1.42 bits per heavy atom. The van der Waals surface area contributed by atoms with Crippen LogP contribution in [-0.2, 0) is 16.0 Å². The maximum atomic E-state index is 12.0. The van der Waals surface area contributed by atoms with E-state index >= 15 is 0 Å². The van der Waals surface area contributed by atoms with Crippen LogP contribution in [0.15, 0.2) is 0 Å². The molecule has 2 rings (SSSR count). The first-order valence-electron chi connectivity index (χ1n) is 6.68. The average Bonchev–Trinajstić information content (AvgIpc) is 2.74. The van der Waals surface area contributed by atoms with Gasteiger partial charge in [-0.05, 0) is 20.3 Å². The van der Waals surface area contributed by atoms with Gasteiger partial charge in [0, 0.05) is 0 Å². The lowest BCUT2D eigenvalue weighted by molar-refractivity contribution is -0.907. The van der Waals surface area contributed by atoms with Crippen LogP contribution >= 0.6 is 11.3 Å². The van der Waals surface area contributed by atoms with Crippen LogP contribution in [0.4, 0.5) is 5.13 Å². The first-order chi connectivity index (χ1) is 9.06. The van der Waals surface area contributed by atoms with E-state index in [9.17, 15) is 4.79 Å². The number of aromatic nitrogens is 2. The molecular formula is C12H21N4O2S+. The summed E-state index contributed by atoms with van der Waals surface area (Å²) in [5.74, 6) is -0.00453. The Bertz CT molecular complexity index is 427. The molecule has 0 spiro atoms. The second-order valence-electron chi connectivity index (χ2n) is 5.00. The standard InChI is InChI=1S/C12H20N4O2S/c1-4-11-14-15-12(19-11)13-10(17)7-16-5-8(2)18-9(3)6-16/h8-9H,4-7H2,1-3H3,(H,13,15,17)/p+1/t8-,9-/m1/s1. The number of hydrogen-bond donors (Lipinski definition) is 2. The molecule has 0 radical (unpaired) electrons. The predicted octanol–water partition coefficient (Wildman–Crippen LogP) is -0.269. The van der Waals surface area contributed by atoms with Crippen molar-refractivity contribution >= 4 is 22.4 Å². The summed E-state index contributed by atoms with van der Waals surface area (Å²) in [5, 5.41) is 12.3. The molecule has 2 N–H and O–H groups in total. The summed E-state index contributed by atoms with van der Waals surface area (Å²) in [6.45, 7) is 8.31. The molecule has 0 bridgehead atoms. The average molecular weight is 285 g/mol. The smallest absolute Gasteiger partial charge is 0.281 e. The van der Waals surface area contributed by atoms with Crippen molar-refractivity contribution in [3.63, 3.8) is 0 Å². The third kappa shape index (κ3) is 4.22. The van der Waals surface area contributed by atoms with Crippen molar-refractivity contribution in [3.8, 4) is 0 Å². The molecule has 2 atom stereocenters. The van der Waals surface area contributed by atoms with Gasteiger partial charge in [-0.3, -0.25) is 10.1 Å². The molecule has 106 valence electrons. The lowest BCUT2D eigenvalue weighted by atomic mass is 10.2. The number of anilines is 1. The zero-order valence-electron chi connectivity index (χ0n) is 11.6. The van der Waals surface area contributed by atoms with E-state index in [2.05, 4.69) is 15.5 Å². The van der Waals surface area contributed by atoms with Gasteiger partial charge in [-0.15, -0.1) is 10.2 Å². The zero-order valence-corrected chi connectivity index (χ0v) is 12.4. The van der Waals surface area contributed by atoms with E-state index in [4.69, 9.17) is 4.74 Å². The molecule has 1 saturated heterocycles. The van der Waals surface area contributed by atoms with E-state index in [1.807, 2.05) is 20.8 Å². The molecule has 7 heteroatoms. The van der Waals surface area contributed by atoms with E-state index in [-0.39, 0.29) is 18.1 Å². The van der Waals surface area contributed by atoms with Crippen molar-refractivity contribution in [2.75, 3.05) is 25.0 Å². The van der Waals surface area contributed by atoms with E-state index in [0.717, 1.165) is 24.5 Å². The Morgan fingerprint density at radius 3 is 2.68 bits per heavy atom. The molecule has 1 fully saturated rings. The van der Waals surface area contributed by atoms with E-state index in [1.54, 1.807) is 0 Å². The Balaban J connectivity index is 1.83. The van der Waals surface area contributed by atoms with Crippen molar-refractivity contribution in [3.05, 3.63) is 5.01 Å². The number of morpholine rings is 1. The molecule has 19 heavy (non-hydrogen) atoms. The van der Waals surface area contributed by atoms with Gasteiger partial charge < -0.3 is 9.64 Å². The molecule has 0 aliphatic carbocycles. The molecule has 0 unspecified atom stereocenters. The SMILES string of the molecule is CCc1nnc(NC(=O)C[NH+]2C[C@@H](C)O[C@H](C)C2)s1. The van der Waals surface area contributed by atoms with Crippen LogP contribution in [0.5, 0.6) is 0 Å². The van der Waals surface area contributed by atoms with Crippen LogP contribution in [0, 0.1) is 0 Å². The second kappa shape index (κ2) is 6.40. The minimum absolute atomic E-state index is 0.00453. The van der Waals surface area contributed by atoms with Crippen LogP contribution in [0.3, 0.4) is 0 Å². The number of ether oxygens (including phenoxy) is 1. The number of nitrogens with zero attached hydrogens (tertiary/aromatic N) is 2. The van der Waals surface area contributed by atoms with E-state index in [1.165, 1.54) is 16.2 Å². The van der Waals surface area contributed by atoms with Gasteiger partial charge in [0.15, 0.2) is 6.54 Å². The van der Waals surface area contributed by atoms with Crippen molar-refractivity contribution in [1.82, 2.24) is 10.2 Å². The molecule has 1 amide bonds. The van der Waals surface area contributed by atoms with Gasteiger partial charge in [0.25, 0.3) is 5.91 Å². The lowest BCUT2D eigenvalue weighted by Gasteiger charge is -2.31. The summed E-state index contributed by atoms with van der Waals surface area (Å²) < 4.78 is 5.66. The van der Waals surface area contributed by atoms with Gasteiger partial charge in [-0.1, -0.05) is 18.3 Å². The van der Waals surface area contributed by atoms with Gasteiger partial charge in [-0.25, -0.2) is 0 Å². The van der Waals surface area contributed by atoms with Crippen LogP contribution in [-0.4, -0.2) is 47.9 Å². The predicted molar refractivity (Wildman–Crippen MR) is 73.5 cm³/mol. The van der Waals surface area contributed by atoms with Gasteiger partial charge in [0.1, 0.15) is 30.3 Å². The Kier molecular flexibility index (Phi) is 4.84. The lowest BCUT2D eigenvalue weighted by Crippen LogP contribution is -3.16. The zero-order chi connectivity index (χ0) is 13.8. The van der Waals surface area contributed by atoms with E-state index < -0.39 is 0 Å². The number of nitrogens with one attached hydrogen (secondary N) is 2. The van der Waals surface area contributed by atoms with Crippen LogP contribution in [0.25, 0.3) is 0 Å². The molecule has 1 aliphatic heterocycles. The molecular weight excluding hydrogens is 264 g/mol. The number of hydrogen-bond acceptors (Lipinski definition) is 5. The highest BCUT2D eigenvalue weighted by molar-refractivity contribution is 7.15. The number of aryl methyl sites for hydroxylation is 1. The number of carbonyl (C=O) groups excluding carboxylic acids is 1. The maximum absolute atomic E-state index is 12.0. The van der Waals surface area contributed by atoms with Crippen molar-refractivity contribution in [1.29, 1.82) is 0 Å². The Hall–Kier alpha value is -1.05. The molecule has 2 heterocycles. The van der Waals surface area contributed by atoms with Crippen molar-refractivity contribution in [2.24, 2.45) is 0 Å². The summed E-state index contributed by atoms with van der Waals surface area (Å²) in [7, 11) is 0. The maximum Gasteiger partial charge on any atom is 0.281 e. The minimum atomic E-state index is -0.00453. The second-order valence-corrected chi connectivity index (χ2v) is 6.06. The summed E-state index contributed by atoms with van der Waals surface area (Å²) >= 11 is 1.44. The fraction of sp³-hybridized carbons (Fsp3) is 0.750. The number of quaternary nitrogens is 1. The van der Waals surface area contributed by atoms with Gasteiger partial charge in [0.05, 0.1) is 0 Å². The monoisotopic (exact) mass is 285 g/mol. The third-order valence-electron chi connectivity index (χ3n) is 3.04. The van der Waals surface area contributed by atoms with Gasteiger partial charge >= 0.3 is 0 Å². The van der Waals surface area contributed by atoms with Crippen molar-refractivity contribution < 1.29 is 14.4 Å². The number of amides is 1. The molecule has 1 aromatic rings. The molecule has 1 aromatic heterocycles. The largest absolute Gasteiger partial charge is 0.364 e. The minimum Gasteiger partial charge on any atom is -0.364 e. The van der Waals surface area contributed by atoms with Crippen molar-refractivity contribution in [2.45, 2.75) is 39.4 Å². The molecule has 1 aliphatic rings. The summed E-state index contributed by atoms with van der Waals surface area (Å²) in [5.41, 5.74) is 0. The molecule has 6 nitrogen and oxygen atoms in total. The van der Waals surface area contributed by atoms with Crippen LogP contribution < -0.4 is 10.2 Å². The first-order valence-corrected chi connectivity index (χ1v) is 7.49. The van der Waals surface area contributed by atoms with Crippen LogP contribution in [0.1, 0.15) is 25.8 Å². The highest BCUT2D eigenvalue weighted by Gasteiger charge is 2.27. The van der Waals surface area contributed by atoms with Gasteiger partial charge in [-0.2, -0.15) is 0 Å². The normalized spacial score (nSPS) is 27.2. The third-order valence-corrected chi connectivity index (χ3v) is 4.03. The Morgan fingerprint density at radius 2 is 2.11 bits per heavy atom. The highest BCUT2D eigenvalue weighted by Crippen LogP contribution is 2.14. The quantitative estimate of drug-likeness (QED) is 0.799. The summed E-state index contributed by atoms with van der Waals surface area (Å²) in [6, 6.07) is 0. The summed E-state index contributed by atoms with van der Waals surface area (Å²) in [4.78, 5) is 13.2. The first kappa shape index (κ1) is 14.4. The highest BCUT2D eigenvalue weighted by atomic mass is 32.1. The van der Waals surface area contributed by atoms with Gasteiger partial charge in [0.2, 0.25) is 5.13 Å². The fourth-order valence-electron chi connectivity index (χ4n) is 2.37. The molecule has 0 aromatic carbocycles. The Labute approximate surface area is 117 Å².